The molecule has 2 aromatic rings. The van der Waals surface area contributed by atoms with E-state index in [1.165, 1.54) is 0 Å². The van der Waals surface area contributed by atoms with Crippen LogP contribution in [0.5, 0.6) is 5.75 Å². The first kappa shape index (κ1) is 11.8. The van der Waals surface area contributed by atoms with E-state index in [2.05, 4.69) is 4.98 Å². The Morgan fingerprint density at radius 3 is 2.74 bits per heavy atom. The molecule has 2 heterocycles. The largest absolute Gasteiger partial charge is 0.497 e. The number of hydrogen-bond acceptors (Lipinski definition) is 4. The molecule has 1 aliphatic heterocycles. The number of aromatic nitrogens is 1. The number of rotatable bonds is 3. The van der Waals surface area contributed by atoms with Gasteiger partial charge in [0.2, 0.25) is 0 Å². The van der Waals surface area contributed by atoms with E-state index in [1.807, 2.05) is 30.3 Å². The SMILES string of the molecule is COc1ccc(-c2cnc(C3=CCCCO3)o2)cc1. The highest BCUT2D eigenvalue weighted by atomic mass is 16.5. The molecule has 0 unspecified atom stereocenters. The first-order valence-electron chi connectivity index (χ1n) is 6.30. The molecule has 98 valence electrons. The fraction of sp³-hybridized carbons (Fsp3) is 0.267. The zero-order valence-electron chi connectivity index (χ0n) is 10.8. The van der Waals surface area contributed by atoms with Gasteiger partial charge in [-0.25, -0.2) is 4.98 Å². The monoisotopic (exact) mass is 257 g/mol. The van der Waals surface area contributed by atoms with Gasteiger partial charge in [-0.2, -0.15) is 0 Å². The molecule has 0 aliphatic carbocycles. The van der Waals surface area contributed by atoms with Gasteiger partial charge in [-0.3, -0.25) is 0 Å². The molecule has 4 heteroatoms. The van der Waals surface area contributed by atoms with Gasteiger partial charge in [0.05, 0.1) is 19.9 Å². The molecule has 1 aliphatic rings. The summed E-state index contributed by atoms with van der Waals surface area (Å²) in [4.78, 5) is 4.27. The number of allylic oxidation sites excluding steroid dienone is 1. The Morgan fingerprint density at radius 1 is 1.21 bits per heavy atom. The Hall–Kier alpha value is -2.23. The molecular weight excluding hydrogens is 242 g/mol. The smallest absolute Gasteiger partial charge is 0.262 e. The van der Waals surface area contributed by atoms with Crippen LogP contribution in [0.3, 0.4) is 0 Å². The van der Waals surface area contributed by atoms with E-state index in [4.69, 9.17) is 13.9 Å². The molecule has 0 N–H and O–H groups in total. The molecule has 0 saturated carbocycles. The normalized spacial score (nSPS) is 14.7. The summed E-state index contributed by atoms with van der Waals surface area (Å²) >= 11 is 0. The molecule has 3 rings (SSSR count). The van der Waals surface area contributed by atoms with Crippen molar-refractivity contribution in [1.29, 1.82) is 0 Å². The number of ether oxygens (including phenoxy) is 2. The Kier molecular flexibility index (Phi) is 3.23. The third-order valence-corrected chi connectivity index (χ3v) is 3.03. The van der Waals surface area contributed by atoms with Crippen LogP contribution in [0, 0.1) is 0 Å². The van der Waals surface area contributed by atoms with Gasteiger partial charge >= 0.3 is 0 Å². The van der Waals surface area contributed by atoms with Crippen LogP contribution in [0.4, 0.5) is 0 Å². The maximum atomic E-state index is 5.74. The van der Waals surface area contributed by atoms with Crippen molar-refractivity contribution >= 4 is 5.76 Å². The second kappa shape index (κ2) is 5.18. The lowest BCUT2D eigenvalue weighted by atomic mass is 10.2. The molecule has 1 aromatic carbocycles. The summed E-state index contributed by atoms with van der Waals surface area (Å²) in [6.45, 7) is 0.728. The molecule has 0 spiro atoms. The van der Waals surface area contributed by atoms with Crippen LogP contribution in [-0.2, 0) is 4.74 Å². The average molecular weight is 257 g/mol. The fourth-order valence-electron chi connectivity index (χ4n) is 1.98. The molecule has 1 aromatic heterocycles. The highest BCUT2D eigenvalue weighted by Crippen LogP contribution is 2.27. The van der Waals surface area contributed by atoms with Crippen molar-refractivity contribution in [3.05, 3.63) is 42.4 Å². The Balaban J connectivity index is 1.85. The maximum Gasteiger partial charge on any atom is 0.262 e. The van der Waals surface area contributed by atoms with E-state index in [0.29, 0.717) is 5.89 Å². The number of nitrogens with zero attached hydrogens (tertiary/aromatic N) is 1. The van der Waals surface area contributed by atoms with Crippen molar-refractivity contribution in [1.82, 2.24) is 4.98 Å². The lowest BCUT2D eigenvalue weighted by Gasteiger charge is -2.11. The quantitative estimate of drug-likeness (QED) is 0.844. The second-order valence-corrected chi connectivity index (χ2v) is 4.32. The average Bonchev–Trinajstić information content (AvgIpc) is 2.98. The van der Waals surface area contributed by atoms with Crippen LogP contribution in [-0.4, -0.2) is 18.7 Å². The third-order valence-electron chi connectivity index (χ3n) is 3.03. The van der Waals surface area contributed by atoms with Crippen molar-refractivity contribution in [3.8, 4) is 17.1 Å². The standard InChI is InChI=1S/C15H15NO3/c1-17-12-7-5-11(6-8-12)14-10-16-15(19-14)13-4-2-3-9-18-13/h4-8,10H,2-3,9H2,1H3. The van der Waals surface area contributed by atoms with Gasteiger partial charge in [-0.05, 0) is 43.2 Å². The minimum atomic E-state index is 0.547. The fourth-order valence-corrected chi connectivity index (χ4v) is 1.98. The van der Waals surface area contributed by atoms with Crippen LogP contribution in [0.25, 0.3) is 17.1 Å². The summed E-state index contributed by atoms with van der Waals surface area (Å²) in [5.74, 6) is 2.84. The number of oxazole rings is 1. The molecule has 0 radical (unpaired) electrons. The minimum Gasteiger partial charge on any atom is -0.497 e. The van der Waals surface area contributed by atoms with Crippen LogP contribution >= 0.6 is 0 Å². The van der Waals surface area contributed by atoms with Gasteiger partial charge < -0.3 is 13.9 Å². The van der Waals surface area contributed by atoms with E-state index >= 15 is 0 Å². The lowest BCUT2D eigenvalue weighted by Crippen LogP contribution is -2.00. The van der Waals surface area contributed by atoms with Gasteiger partial charge in [0.15, 0.2) is 11.5 Å². The second-order valence-electron chi connectivity index (χ2n) is 4.32. The maximum absolute atomic E-state index is 5.74. The van der Waals surface area contributed by atoms with E-state index in [0.717, 1.165) is 42.3 Å². The third kappa shape index (κ3) is 2.47. The van der Waals surface area contributed by atoms with Crippen molar-refractivity contribution in [2.24, 2.45) is 0 Å². The Labute approximate surface area is 111 Å². The van der Waals surface area contributed by atoms with E-state index in [1.54, 1.807) is 13.3 Å². The molecule has 0 atom stereocenters. The summed E-state index contributed by atoms with van der Waals surface area (Å²) in [7, 11) is 1.65. The van der Waals surface area contributed by atoms with Crippen molar-refractivity contribution < 1.29 is 13.9 Å². The van der Waals surface area contributed by atoms with E-state index in [9.17, 15) is 0 Å². The predicted molar refractivity (Wildman–Crippen MR) is 71.7 cm³/mol. The summed E-state index contributed by atoms with van der Waals surface area (Å²) < 4.78 is 16.4. The zero-order chi connectivity index (χ0) is 13.1. The summed E-state index contributed by atoms with van der Waals surface area (Å²) in [6, 6.07) is 7.68. The first-order valence-corrected chi connectivity index (χ1v) is 6.30. The summed E-state index contributed by atoms with van der Waals surface area (Å²) in [5.41, 5.74) is 0.968. The number of methoxy groups -OCH3 is 1. The van der Waals surface area contributed by atoms with E-state index in [-0.39, 0.29) is 0 Å². The molecular formula is C15H15NO3. The molecule has 0 fully saturated rings. The molecule has 0 bridgehead atoms. The summed E-state index contributed by atoms with van der Waals surface area (Å²) in [6.07, 6.45) is 5.80. The van der Waals surface area contributed by atoms with Crippen molar-refractivity contribution in [2.45, 2.75) is 12.8 Å². The van der Waals surface area contributed by atoms with Crippen LogP contribution in [0.15, 0.2) is 41.0 Å². The van der Waals surface area contributed by atoms with Gasteiger partial charge in [0.25, 0.3) is 5.89 Å². The number of benzene rings is 1. The van der Waals surface area contributed by atoms with Crippen LogP contribution in [0.1, 0.15) is 18.7 Å². The summed E-state index contributed by atoms with van der Waals surface area (Å²) in [5, 5.41) is 0. The highest BCUT2D eigenvalue weighted by Gasteiger charge is 2.14. The highest BCUT2D eigenvalue weighted by molar-refractivity contribution is 5.60. The first-order chi connectivity index (χ1) is 9.36. The molecule has 0 saturated heterocycles. The van der Waals surface area contributed by atoms with Crippen LogP contribution in [0.2, 0.25) is 0 Å². The van der Waals surface area contributed by atoms with Crippen molar-refractivity contribution in [2.75, 3.05) is 13.7 Å². The predicted octanol–water partition coefficient (Wildman–Crippen LogP) is 3.50. The van der Waals surface area contributed by atoms with Crippen LogP contribution < -0.4 is 4.74 Å². The topological polar surface area (TPSA) is 44.5 Å². The Bertz CT molecular complexity index is 584. The molecule has 0 amide bonds. The minimum absolute atomic E-state index is 0.547. The molecule has 4 nitrogen and oxygen atoms in total. The lowest BCUT2D eigenvalue weighted by molar-refractivity contribution is 0.248. The zero-order valence-corrected chi connectivity index (χ0v) is 10.8. The van der Waals surface area contributed by atoms with Crippen molar-refractivity contribution in [3.63, 3.8) is 0 Å². The molecule has 19 heavy (non-hydrogen) atoms. The van der Waals surface area contributed by atoms with Gasteiger partial charge in [0.1, 0.15) is 5.75 Å². The Morgan fingerprint density at radius 2 is 2.05 bits per heavy atom. The van der Waals surface area contributed by atoms with Gasteiger partial charge in [0, 0.05) is 5.56 Å². The van der Waals surface area contributed by atoms with E-state index < -0.39 is 0 Å². The van der Waals surface area contributed by atoms with Gasteiger partial charge in [-0.1, -0.05) is 0 Å². The van der Waals surface area contributed by atoms with Gasteiger partial charge in [-0.15, -0.1) is 0 Å². The number of hydrogen-bond donors (Lipinski definition) is 0.